The van der Waals surface area contributed by atoms with Crippen LogP contribution in [0.3, 0.4) is 0 Å². The van der Waals surface area contributed by atoms with Crippen molar-refractivity contribution in [3.05, 3.63) is 35.9 Å². The van der Waals surface area contributed by atoms with Crippen molar-refractivity contribution in [1.29, 1.82) is 0 Å². The van der Waals surface area contributed by atoms with Gasteiger partial charge in [0.15, 0.2) is 0 Å². The Balaban J connectivity index is 1.86. The van der Waals surface area contributed by atoms with E-state index in [1.165, 1.54) is 18.4 Å². The van der Waals surface area contributed by atoms with Gasteiger partial charge in [-0.15, -0.1) is 0 Å². The van der Waals surface area contributed by atoms with Crippen LogP contribution in [0.2, 0.25) is 0 Å². The van der Waals surface area contributed by atoms with Crippen molar-refractivity contribution in [3.8, 4) is 0 Å². The topological polar surface area (TPSA) is 38.0 Å². The van der Waals surface area contributed by atoms with Crippen molar-refractivity contribution < 1.29 is 0 Å². The molecule has 0 aliphatic heterocycles. The summed E-state index contributed by atoms with van der Waals surface area (Å²) in [6.07, 6.45) is 2.42. The van der Waals surface area contributed by atoms with Crippen molar-refractivity contribution in [2.45, 2.75) is 46.2 Å². The molecule has 0 radical (unpaired) electrons. The summed E-state index contributed by atoms with van der Waals surface area (Å²) in [5.74, 6) is 1.33. The summed E-state index contributed by atoms with van der Waals surface area (Å²) >= 11 is 0. The zero-order valence-corrected chi connectivity index (χ0v) is 12.5. The lowest BCUT2D eigenvalue weighted by Gasteiger charge is -2.47. The Morgan fingerprint density at radius 1 is 1.21 bits per heavy atom. The van der Waals surface area contributed by atoms with Crippen LogP contribution in [0.15, 0.2) is 30.3 Å². The summed E-state index contributed by atoms with van der Waals surface area (Å²) in [5.41, 5.74) is 7.91. The van der Waals surface area contributed by atoms with Crippen LogP contribution < -0.4 is 11.1 Å². The molecule has 3 unspecified atom stereocenters. The van der Waals surface area contributed by atoms with E-state index in [1.807, 2.05) is 0 Å². The van der Waals surface area contributed by atoms with Crippen molar-refractivity contribution in [3.63, 3.8) is 0 Å². The number of rotatable bonds is 4. The molecule has 0 amide bonds. The Labute approximate surface area is 117 Å². The zero-order chi connectivity index (χ0) is 13.9. The molecule has 19 heavy (non-hydrogen) atoms. The van der Waals surface area contributed by atoms with E-state index in [1.54, 1.807) is 0 Å². The third kappa shape index (κ3) is 3.37. The van der Waals surface area contributed by atoms with E-state index in [2.05, 4.69) is 56.4 Å². The molecule has 0 saturated heterocycles. The summed E-state index contributed by atoms with van der Waals surface area (Å²) in [5, 5.41) is 3.62. The molecular formula is C17H28N2. The number of nitrogens with one attached hydrogen (secondary N) is 1. The van der Waals surface area contributed by atoms with E-state index in [-0.39, 0.29) is 0 Å². The van der Waals surface area contributed by atoms with Gasteiger partial charge in [-0.2, -0.15) is 0 Å². The second-order valence-electron chi connectivity index (χ2n) is 6.66. The fourth-order valence-corrected chi connectivity index (χ4v) is 3.29. The summed E-state index contributed by atoms with van der Waals surface area (Å²) < 4.78 is 0. The Morgan fingerprint density at radius 2 is 1.89 bits per heavy atom. The molecule has 106 valence electrons. The zero-order valence-electron chi connectivity index (χ0n) is 12.5. The molecule has 3 atom stereocenters. The molecule has 2 nitrogen and oxygen atoms in total. The van der Waals surface area contributed by atoms with Gasteiger partial charge >= 0.3 is 0 Å². The van der Waals surface area contributed by atoms with Gasteiger partial charge in [-0.25, -0.2) is 0 Å². The van der Waals surface area contributed by atoms with Gasteiger partial charge in [0.1, 0.15) is 0 Å². The van der Waals surface area contributed by atoms with E-state index < -0.39 is 0 Å². The maximum atomic E-state index is 6.22. The Morgan fingerprint density at radius 3 is 2.58 bits per heavy atom. The Kier molecular flexibility index (Phi) is 4.64. The lowest BCUT2D eigenvalue weighted by Crippen LogP contribution is -2.49. The maximum Gasteiger partial charge on any atom is 0.0205 e. The highest BCUT2D eigenvalue weighted by Crippen LogP contribution is 2.43. The van der Waals surface area contributed by atoms with Crippen LogP contribution in [-0.2, 0) is 6.54 Å². The normalized spacial score (nSPS) is 30.2. The SMILES string of the molecule is CC1C(N)CCC(CNCc2ccccc2)C1(C)C. The molecule has 0 aromatic heterocycles. The average Bonchev–Trinajstić information content (AvgIpc) is 2.40. The Bertz CT molecular complexity index is 386. The minimum Gasteiger partial charge on any atom is -0.327 e. The summed E-state index contributed by atoms with van der Waals surface area (Å²) in [4.78, 5) is 0. The number of benzene rings is 1. The molecule has 0 heterocycles. The molecule has 1 saturated carbocycles. The van der Waals surface area contributed by atoms with Crippen molar-refractivity contribution in [1.82, 2.24) is 5.32 Å². The van der Waals surface area contributed by atoms with E-state index in [0.29, 0.717) is 17.4 Å². The van der Waals surface area contributed by atoms with Gasteiger partial charge in [0, 0.05) is 12.6 Å². The minimum atomic E-state index is 0.335. The second-order valence-corrected chi connectivity index (χ2v) is 6.66. The number of nitrogens with two attached hydrogens (primary N) is 1. The third-order valence-corrected chi connectivity index (χ3v) is 5.28. The van der Waals surface area contributed by atoms with E-state index in [9.17, 15) is 0 Å². The second kappa shape index (κ2) is 6.06. The van der Waals surface area contributed by atoms with Crippen molar-refractivity contribution in [2.24, 2.45) is 23.0 Å². The summed E-state index contributed by atoms with van der Waals surface area (Å²) in [6, 6.07) is 11.0. The summed E-state index contributed by atoms with van der Waals surface area (Å²) in [6.45, 7) is 9.14. The first kappa shape index (κ1) is 14.5. The molecule has 1 fully saturated rings. The highest BCUT2D eigenvalue weighted by molar-refractivity contribution is 5.14. The van der Waals surface area contributed by atoms with Crippen LogP contribution in [0.4, 0.5) is 0 Å². The van der Waals surface area contributed by atoms with Gasteiger partial charge in [0.2, 0.25) is 0 Å². The smallest absolute Gasteiger partial charge is 0.0205 e. The first-order valence-corrected chi connectivity index (χ1v) is 7.52. The van der Waals surface area contributed by atoms with Gasteiger partial charge < -0.3 is 11.1 Å². The van der Waals surface area contributed by atoms with Crippen LogP contribution in [-0.4, -0.2) is 12.6 Å². The van der Waals surface area contributed by atoms with Gasteiger partial charge in [-0.05, 0) is 42.2 Å². The van der Waals surface area contributed by atoms with Crippen LogP contribution in [0.25, 0.3) is 0 Å². The predicted molar refractivity (Wildman–Crippen MR) is 81.8 cm³/mol. The summed E-state index contributed by atoms with van der Waals surface area (Å²) in [7, 11) is 0. The largest absolute Gasteiger partial charge is 0.327 e. The molecule has 1 aliphatic carbocycles. The molecule has 0 spiro atoms. The van der Waals surface area contributed by atoms with Gasteiger partial charge in [-0.1, -0.05) is 51.1 Å². The predicted octanol–water partition coefficient (Wildman–Crippen LogP) is 3.18. The van der Waals surface area contributed by atoms with E-state index >= 15 is 0 Å². The first-order chi connectivity index (χ1) is 9.01. The molecule has 3 N–H and O–H groups in total. The fraction of sp³-hybridized carbons (Fsp3) is 0.647. The van der Waals surface area contributed by atoms with E-state index in [0.717, 1.165) is 19.0 Å². The molecule has 1 aliphatic rings. The van der Waals surface area contributed by atoms with Crippen LogP contribution in [0, 0.1) is 17.3 Å². The molecular weight excluding hydrogens is 232 g/mol. The van der Waals surface area contributed by atoms with Crippen LogP contribution in [0.5, 0.6) is 0 Å². The first-order valence-electron chi connectivity index (χ1n) is 7.52. The highest BCUT2D eigenvalue weighted by Gasteiger charge is 2.40. The minimum absolute atomic E-state index is 0.335. The number of hydrogen-bond donors (Lipinski definition) is 2. The maximum absolute atomic E-state index is 6.22. The molecule has 2 heteroatoms. The standard InChI is InChI=1S/C17H28N2/c1-13-16(18)10-9-15(17(13,2)3)12-19-11-14-7-5-4-6-8-14/h4-8,13,15-16,19H,9-12,18H2,1-3H3. The van der Waals surface area contributed by atoms with Crippen LogP contribution in [0.1, 0.15) is 39.2 Å². The third-order valence-electron chi connectivity index (χ3n) is 5.28. The Hall–Kier alpha value is -0.860. The van der Waals surface area contributed by atoms with E-state index in [4.69, 9.17) is 5.73 Å². The van der Waals surface area contributed by atoms with Crippen molar-refractivity contribution >= 4 is 0 Å². The molecule has 1 aromatic carbocycles. The molecule has 2 rings (SSSR count). The lowest BCUT2D eigenvalue weighted by atomic mass is 9.61. The lowest BCUT2D eigenvalue weighted by molar-refractivity contribution is 0.0539. The van der Waals surface area contributed by atoms with Crippen molar-refractivity contribution in [2.75, 3.05) is 6.54 Å². The molecule has 0 bridgehead atoms. The molecule has 1 aromatic rings. The van der Waals surface area contributed by atoms with Crippen LogP contribution >= 0.6 is 0 Å². The van der Waals surface area contributed by atoms with Gasteiger partial charge in [0.25, 0.3) is 0 Å². The quantitative estimate of drug-likeness (QED) is 0.872. The fourth-order valence-electron chi connectivity index (χ4n) is 3.29. The monoisotopic (exact) mass is 260 g/mol. The average molecular weight is 260 g/mol. The highest BCUT2D eigenvalue weighted by atomic mass is 14.9. The van der Waals surface area contributed by atoms with Gasteiger partial charge in [0.05, 0.1) is 0 Å². The number of hydrogen-bond acceptors (Lipinski definition) is 2. The van der Waals surface area contributed by atoms with Gasteiger partial charge in [-0.3, -0.25) is 0 Å².